The van der Waals surface area contributed by atoms with Gasteiger partial charge in [0.05, 0.1) is 49.1 Å². The lowest BCUT2D eigenvalue weighted by molar-refractivity contribution is 0.324. The van der Waals surface area contributed by atoms with Crippen LogP contribution in [0.1, 0.15) is 25.5 Å². The van der Waals surface area contributed by atoms with Crippen LogP contribution in [0.15, 0.2) is 36.1 Å². The fourth-order valence-corrected chi connectivity index (χ4v) is 4.16. The number of aromatic nitrogens is 4. The number of nitrogens with one attached hydrogen (secondary N) is 1. The summed E-state index contributed by atoms with van der Waals surface area (Å²) in [6.07, 6.45) is 3.56. The quantitative estimate of drug-likeness (QED) is 0.457. The van der Waals surface area contributed by atoms with Crippen LogP contribution in [0.4, 0.5) is 11.8 Å². The zero-order valence-corrected chi connectivity index (χ0v) is 18.3. The first-order valence-corrected chi connectivity index (χ1v) is 10.3. The van der Waals surface area contributed by atoms with Crippen molar-refractivity contribution < 1.29 is 14.2 Å². The van der Waals surface area contributed by atoms with Crippen LogP contribution in [0.2, 0.25) is 0 Å². The molecule has 0 aliphatic rings. The minimum Gasteiger partial charge on any atom is -0.493 e. The summed E-state index contributed by atoms with van der Waals surface area (Å²) >= 11 is 1.66. The van der Waals surface area contributed by atoms with E-state index in [4.69, 9.17) is 19.2 Å². The Hall–Kier alpha value is -3.33. The van der Waals surface area contributed by atoms with Gasteiger partial charge in [0.15, 0.2) is 17.3 Å². The van der Waals surface area contributed by atoms with Gasteiger partial charge in [0.2, 0.25) is 11.7 Å². The molecule has 0 bridgehead atoms. The summed E-state index contributed by atoms with van der Waals surface area (Å²) in [5.74, 6) is 3.14. The van der Waals surface area contributed by atoms with E-state index < -0.39 is 0 Å². The molecule has 0 unspecified atom stereocenters. The molecule has 0 saturated carbocycles. The van der Waals surface area contributed by atoms with Gasteiger partial charge in [0, 0.05) is 12.1 Å². The highest BCUT2D eigenvalue weighted by molar-refractivity contribution is 7.17. The summed E-state index contributed by atoms with van der Waals surface area (Å²) in [6, 6.07) is 5.72. The average Bonchev–Trinajstić information content (AvgIpc) is 3.41. The van der Waals surface area contributed by atoms with Gasteiger partial charge in [-0.15, -0.1) is 11.3 Å². The van der Waals surface area contributed by atoms with Crippen molar-refractivity contribution in [1.82, 2.24) is 19.5 Å². The fourth-order valence-electron chi connectivity index (χ4n) is 3.19. The molecular weight excluding hydrogens is 402 g/mol. The smallest absolute Gasteiger partial charge is 0.229 e. The molecule has 1 aromatic carbocycles. The molecule has 1 N–H and O–H groups in total. The van der Waals surface area contributed by atoms with Gasteiger partial charge in [-0.2, -0.15) is 0 Å². The largest absolute Gasteiger partial charge is 0.493 e. The Morgan fingerprint density at radius 2 is 1.77 bits per heavy atom. The zero-order chi connectivity index (χ0) is 21.3. The first kappa shape index (κ1) is 20.0. The van der Waals surface area contributed by atoms with Crippen molar-refractivity contribution in [2.75, 3.05) is 26.6 Å². The molecule has 0 radical (unpaired) electrons. The summed E-state index contributed by atoms with van der Waals surface area (Å²) in [5, 5.41) is 5.25. The number of imidazole rings is 1. The summed E-state index contributed by atoms with van der Waals surface area (Å²) in [7, 11) is 4.76. The van der Waals surface area contributed by atoms with E-state index in [2.05, 4.69) is 29.1 Å². The van der Waals surface area contributed by atoms with Crippen LogP contribution in [0.25, 0.3) is 15.9 Å². The minimum absolute atomic E-state index is 0.298. The Morgan fingerprint density at radius 1 is 1.03 bits per heavy atom. The molecule has 0 amide bonds. The topological polar surface area (TPSA) is 83.3 Å². The number of rotatable bonds is 7. The lowest BCUT2D eigenvalue weighted by Crippen LogP contribution is -2.02. The Labute approximate surface area is 178 Å². The highest BCUT2D eigenvalue weighted by Crippen LogP contribution is 2.39. The Morgan fingerprint density at radius 3 is 2.40 bits per heavy atom. The molecule has 0 saturated heterocycles. The van der Waals surface area contributed by atoms with Crippen LogP contribution >= 0.6 is 11.3 Å². The number of ether oxygens (including phenoxy) is 3. The summed E-state index contributed by atoms with van der Waals surface area (Å²) in [5.41, 5.74) is 2.79. The number of anilines is 2. The van der Waals surface area contributed by atoms with Crippen LogP contribution in [-0.4, -0.2) is 40.8 Å². The van der Waals surface area contributed by atoms with E-state index in [9.17, 15) is 0 Å². The summed E-state index contributed by atoms with van der Waals surface area (Å²) in [6.45, 7) is 4.26. The van der Waals surface area contributed by atoms with E-state index in [0.717, 1.165) is 21.6 Å². The first-order chi connectivity index (χ1) is 14.5. The van der Waals surface area contributed by atoms with Gasteiger partial charge < -0.3 is 24.1 Å². The standard InChI is InChI=1S/C21H23N5O3S/c1-12(2)18-20-14(6-7-30-20)23-21(25-18)24-17-10-26(11-22-17)13-8-15(27-3)19(29-5)16(9-13)28-4/h6-12H,1-5H3,(H,23,24,25). The fraction of sp³-hybridized carbons (Fsp3) is 0.286. The van der Waals surface area contributed by atoms with E-state index in [1.54, 1.807) is 39.0 Å². The SMILES string of the molecule is COc1cc(-n2cnc(Nc3nc(C(C)C)c4sccc4n3)c2)cc(OC)c1OC. The third-order valence-electron chi connectivity index (χ3n) is 4.65. The zero-order valence-electron chi connectivity index (χ0n) is 17.5. The molecule has 0 atom stereocenters. The number of benzene rings is 1. The lowest BCUT2D eigenvalue weighted by Gasteiger charge is -2.14. The highest BCUT2D eigenvalue weighted by atomic mass is 32.1. The molecule has 8 nitrogen and oxygen atoms in total. The summed E-state index contributed by atoms with van der Waals surface area (Å²) < 4.78 is 19.3. The maximum Gasteiger partial charge on any atom is 0.229 e. The Bertz CT molecular complexity index is 1160. The molecule has 3 aromatic heterocycles. The first-order valence-electron chi connectivity index (χ1n) is 9.40. The van der Waals surface area contributed by atoms with Crippen molar-refractivity contribution in [2.24, 2.45) is 0 Å². The van der Waals surface area contributed by atoms with Crippen molar-refractivity contribution in [2.45, 2.75) is 19.8 Å². The van der Waals surface area contributed by atoms with Crippen molar-refractivity contribution in [3.8, 4) is 22.9 Å². The van der Waals surface area contributed by atoms with Gasteiger partial charge in [-0.25, -0.2) is 15.0 Å². The Balaban J connectivity index is 1.66. The van der Waals surface area contributed by atoms with Crippen molar-refractivity contribution in [3.63, 3.8) is 0 Å². The van der Waals surface area contributed by atoms with Crippen molar-refractivity contribution >= 4 is 33.3 Å². The maximum atomic E-state index is 5.44. The molecule has 156 valence electrons. The van der Waals surface area contributed by atoms with Crippen molar-refractivity contribution in [1.29, 1.82) is 0 Å². The molecule has 0 aliphatic carbocycles. The van der Waals surface area contributed by atoms with Gasteiger partial charge in [0.25, 0.3) is 0 Å². The molecule has 9 heteroatoms. The van der Waals surface area contributed by atoms with Gasteiger partial charge in [-0.05, 0) is 17.4 Å². The molecule has 3 heterocycles. The van der Waals surface area contributed by atoms with E-state index in [0.29, 0.717) is 34.9 Å². The molecule has 0 spiro atoms. The number of hydrogen-bond donors (Lipinski definition) is 1. The monoisotopic (exact) mass is 425 g/mol. The predicted octanol–water partition coefficient (Wildman–Crippen LogP) is 4.77. The molecule has 4 rings (SSSR count). The number of hydrogen-bond acceptors (Lipinski definition) is 8. The van der Waals surface area contributed by atoms with E-state index in [-0.39, 0.29) is 0 Å². The lowest BCUT2D eigenvalue weighted by atomic mass is 10.1. The minimum atomic E-state index is 0.298. The molecule has 4 aromatic rings. The van der Waals surface area contributed by atoms with E-state index in [1.807, 2.05) is 34.3 Å². The molecule has 30 heavy (non-hydrogen) atoms. The van der Waals surface area contributed by atoms with Crippen molar-refractivity contribution in [3.05, 3.63) is 41.8 Å². The van der Waals surface area contributed by atoms with Crippen LogP contribution in [0.5, 0.6) is 17.2 Å². The van der Waals surface area contributed by atoms with Gasteiger partial charge in [0.1, 0.15) is 6.33 Å². The normalized spacial score (nSPS) is 11.1. The number of thiophene rings is 1. The second-order valence-electron chi connectivity index (χ2n) is 6.90. The van der Waals surface area contributed by atoms with Crippen LogP contribution in [0, 0.1) is 0 Å². The Kier molecular flexibility index (Phi) is 5.45. The second-order valence-corrected chi connectivity index (χ2v) is 7.81. The highest BCUT2D eigenvalue weighted by Gasteiger charge is 2.16. The maximum absolute atomic E-state index is 5.44. The van der Waals surface area contributed by atoms with E-state index in [1.165, 1.54) is 0 Å². The van der Waals surface area contributed by atoms with Crippen LogP contribution in [0.3, 0.4) is 0 Å². The van der Waals surface area contributed by atoms with Gasteiger partial charge in [-0.1, -0.05) is 13.8 Å². The summed E-state index contributed by atoms with van der Waals surface area (Å²) in [4.78, 5) is 13.8. The van der Waals surface area contributed by atoms with Crippen LogP contribution in [-0.2, 0) is 0 Å². The number of fused-ring (bicyclic) bond motifs is 1. The van der Waals surface area contributed by atoms with Gasteiger partial charge >= 0.3 is 0 Å². The average molecular weight is 426 g/mol. The second kappa shape index (κ2) is 8.19. The molecule has 0 fully saturated rings. The number of methoxy groups -OCH3 is 3. The number of nitrogens with zero attached hydrogens (tertiary/aromatic N) is 4. The van der Waals surface area contributed by atoms with E-state index >= 15 is 0 Å². The van der Waals surface area contributed by atoms with Gasteiger partial charge in [-0.3, -0.25) is 0 Å². The predicted molar refractivity (Wildman–Crippen MR) is 118 cm³/mol. The molecular formula is C21H23N5O3S. The van der Waals surface area contributed by atoms with Crippen LogP contribution < -0.4 is 19.5 Å². The third kappa shape index (κ3) is 3.63. The third-order valence-corrected chi connectivity index (χ3v) is 5.57. The molecule has 0 aliphatic heterocycles.